The van der Waals surface area contributed by atoms with Gasteiger partial charge in [-0.1, -0.05) is 0 Å². The van der Waals surface area contributed by atoms with E-state index in [4.69, 9.17) is 4.42 Å². The fourth-order valence-corrected chi connectivity index (χ4v) is 3.73. The van der Waals surface area contributed by atoms with Gasteiger partial charge in [0.05, 0.1) is 24.5 Å². The number of hydrogen-bond donors (Lipinski definition) is 0. The summed E-state index contributed by atoms with van der Waals surface area (Å²) in [6, 6.07) is 8.40. The highest BCUT2D eigenvalue weighted by Gasteiger charge is 2.47. The Balaban J connectivity index is 1.54. The van der Waals surface area contributed by atoms with Gasteiger partial charge in [-0.25, -0.2) is 0 Å². The normalized spacial score (nSPS) is 25.0. The fourth-order valence-electron chi connectivity index (χ4n) is 3.73. The van der Waals surface area contributed by atoms with E-state index in [1.165, 1.54) is 0 Å². The van der Waals surface area contributed by atoms with Gasteiger partial charge in [-0.3, -0.25) is 14.7 Å². The number of fused-ring (bicyclic) bond motifs is 1. The number of anilines is 1. The number of furan rings is 1. The van der Waals surface area contributed by atoms with E-state index >= 15 is 0 Å². The van der Waals surface area contributed by atoms with Crippen LogP contribution >= 0.6 is 0 Å². The van der Waals surface area contributed by atoms with E-state index in [0.29, 0.717) is 6.42 Å². The molecule has 0 aliphatic carbocycles. The molecule has 0 saturated carbocycles. The van der Waals surface area contributed by atoms with Crippen molar-refractivity contribution in [1.29, 1.82) is 0 Å². The Morgan fingerprint density at radius 2 is 2.23 bits per heavy atom. The highest BCUT2D eigenvalue weighted by atomic mass is 16.3. The predicted octanol–water partition coefficient (Wildman–Crippen LogP) is 2.36. The average Bonchev–Trinajstić information content (AvgIpc) is 3.17. The van der Waals surface area contributed by atoms with E-state index in [-0.39, 0.29) is 18.0 Å². The molecule has 0 N–H and O–H groups in total. The molecule has 2 saturated heterocycles. The number of amides is 1. The Morgan fingerprint density at radius 3 is 2.95 bits per heavy atom. The minimum absolute atomic E-state index is 0.198. The van der Waals surface area contributed by atoms with Crippen molar-refractivity contribution in [1.82, 2.24) is 9.88 Å². The van der Waals surface area contributed by atoms with E-state index in [2.05, 4.69) is 9.88 Å². The molecule has 2 fully saturated rings. The van der Waals surface area contributed by atoms with Crippen LogP contribution in [0.15, 0.2) is 41.1 Å². The molecule has 0 bridgehead atoms. The zero-order valence-corrected chi connectivity index (χ0v) is 12.6. The Morgan fingerprint density at radius 1 is 1.32 bits per heavy atom. The predicted molar refractivity (Wildman–Crippen MR) is 82.4 cm³/mol. The molecule has 5 heteroatoms. The monoisotopic (exact) mass is 297 g/mol. The lowest BCUT2D eigenvalue weighted by Gasteiger charge is -2.24. The zero-order chi connectivity index (χ0) is 15.1. The summed E-state index contributed by atoms with van der Waals surface area (Å²) >= 11 is 0. The molecule has 5 nitrogen and oxygen atoms in total. The van der Waals surface area contributed by atoms with Crippen molar-refractivity contribution >= 4 is 11.6 Å². The van der Waals surface area contributed by atoms with E-state index in [1.54, 1.807) is 12.4 Å². The van der Waals surface area contributed by atoms with Crippen LogP contribution in [0.1, 0.15) is 24.4 Å². The number of pyridine rings is 1. The summed E-state index contributed by atoms with van der Waals surface area (Å²) in [5, 5.41) is 0. The number of likely N-dealkylation sites (tertiary alicyclic amines) is 1. The third-order valence-electron chi connectivity index (χ3n) is 4.69. The number of carbonyl (C=O) groups excluding carboxylic acids is 1. The molecule has 2 aliphatic rings. The lowest BCUT2D eigenvalue weighted by Crippen LogP contribution is -2.37. The highest BCUT2D eigenvalue weighted by Crippen LogP contribution is 2.36. The summed E-state index contributed by atoms with van der Waals surface area (Å²) in [5.41, 5.74) is 0.913. The molecule has 0 radical (unpaired) electrons. The maximum absolute atomic E-state index is 12.4. The van der Waals surface area contributed by atoms with Gasteiger partial charge in [0.1, 0.15) is 11.5 Å². The molecule has 22 heavy (non-hydrogen) atoms. The maximum Gasteiger partial charge on any atom is 0.229 e. The molecule has 2 aromatic rings. The first-order chi connectivity index (χ1) is 10.7. The van der Waals surface area contributed by atoms with Crippen LogP contribution < -0.4 is 4.90 Å². The third-order valence-corrected chi connectivity index (χ3v) is 4.69. The zero-order valence-electron chi connectivity index (χ0n) is 12.6. The molecule has 4 rings (SSSR count). The van der Waals surface area contributed by atoms with Crippen molar-refractivity contribution in [2.24, 2.45) is 0 Å². The number of aromatic nitrogens is 1. The average molecular weight is 297 g/mol. The van der Waals surface area contributed by atoms with Gasteiger partial charge in [-0.2, -0.15) is 0 Å². The van der Waals surface area contributed by atoms with Crippen molar-refractivity contribution in [2.75, 3.05) is 11.4 Å². The van der Waals surface area contributed by atoms with Crippen LogP contribution in [0.5, 0.6) is 0 Å². The van der Waals surface area contributed by atoms with Crippen LogP contribution in [-0.4, -0.2) is 34.4 Å². The quantitative estimate of drug-likeness (QED) is 0.872. The summed E-state index contributed by atoms with van der Waals surface area (Å²) < 4.78 is 5.68. The minimum atomic E-state index is 0.198. The SMILES string of the molecule is Cc1ccc(CN2CC[C@@H]3[C@@H]2CC(=O)N3c2cccnc2)o1. The minimum Gasteiger partial charge on any atom is -0.465 e. The summed E-state index contributed by atoms with van der Waals surface area (Å²) in [6.45, 7) is 3.74. The Labute approximate surface area is 129 Å². The lowest BCUT2D eigenvalue weighted by molar-refractivity contribution is -0.117. The molecular weight excluding hydrogens is 278 g/mol. The Bertz CT molecular complexity index is 682. The van der Waals surface area contributed by atoms with Crippen molar-refractivity contribution in [3.63, 3.8) is 0 Å². The lowest BCUT2D eigenvalue weighted by atomic mass is 10.1. The molecular formula is C17H19N3O2. The standard InChI is InChI=1S/C17H19N3O2/c1-12-4-5-14(22-12)11-19-8-6-15-16(19)9-17(21)20(15)13-3-2-7-18-10-13/h2-5,7,10,15-16H,6,8-9,11H2,1H3/t15-,16+/m1/s1. The van der Waals surface area contributed by atoms with E-state index < -0.39 is 0 Å². The molecule has 2 atom stereocenters. The number of carbonyl (C=O) groups is 1. The van der Waals surface area contributed by atoms with Gasteiger partial charge in [0, 0.05) is 25.2 Å². The fraction of sp³-hybridized carbons (Fsp3) is 0.412. The molecule has 0 unspecified atom stereocenters. The van der Waals surface area contributed by atoms with Crippen LogP contribution in [0, 0.1) is 6.92 Å². The molecule has 114 valence electrons. The van der Waals surface area contributed by atoms with Gasteiger partial charge in [-0.15, -0.1) is 0 Å². The molecule has 0 spiro atoms. The summed E-state index contributed by atoms with van der Waals surface area (Å²) in [5.74, 6) is 2.11. The van der Waals surface area contributed by atoms with E-state index in [1.807, 2.05) is 36.1 Å². The van der Waals surface area contributed by atoms with E-state index in [0.717, 1.165) is 36.7 Å². The molecule has 2 aliphatic heterocycles. The summed E-state index contributed by atoms with van der Waals surface area (Å²) in [6.07, 6.45) is 5.10. The largest absolute Gasteiger partial charge is 0.465 e. The summed E-state index contributed by atoms with van der Waals surface area (Å²) in [7, 11) is 0. The molecule has 4 heterocycles. The van der Waals surface area contributed by atoms with Gasteiger partial charge in [-0.05, 0) is 37.6 Å². The van der Waals surface area contributed by atoms with Crippen molar-refractivity contribution in [2.45, 2.75) is 38.4 Å². The van der Waals surface area contributed by atoms with Crippen LogP contribution in [0.25, 0.3) is 0 Å². The third kappa shape index (κ3) is 2.22. The second kappa shape index (κ2) is 5.25. The van der Waals surface area contributed by atoms with Crippen LogP contribution in [0.4, 0.5) is 5.69 Å². The van der Waals surface area contributed by atoms with Crippen molar-refractivity contribution in [3.8, 4) is 0 Å². The first kappa shape index (κ1) is 13.5. The van der Waals surface area contributed by atoms with E-state index in [9.17, 15) is 4.79 Å². The topological polar surface area (TPSA) is 49.6 Å². The van der Waals surface area contributed by atoms with Gasteiger partial charge in [0.2, 0.25) is 5.91 Å². The van der Waals surface area contributed by atoms with Gasteiger partial charge >= 0.3 is 0 Å². The van der Waals surface area contributed by atoms with Crippen molar-refractivity contribution in [3.05, 3.63) is 48.2 Å². The van der Waals surface area contributed by atoms with Gasteiger partial charge in [0.15, 0.2) is 0 Å². The van der Waals surface area contributed by atoms with Crippen LogP contribution in [0.2, 0.25) is 0 Å². The van der Waals surface area contributed by atoms with Crippen molar-refractivity contribution < 1.29 is 9.21 Å². The second-order valence-electron chi connectivity index (χ2n) is 6.09. The maximum atomic E-state index is 12.4. The molecule has 1 amide bonds. The summed E-state index contributed by atoms with van der Waals surface area (Å²) in [4.78, 5) is 20.9. The first-order valence-corrected chi connectivity index (χ1v) is 7.74. The van der Waals surface area contributed by atoms with Crippen LogP contribution in [0.3, 0.4) is 0 Å². The number of rotatable bonds is 3. The van der Waals surface area contributed by atoms with Gasteiger partial charge in [0.25, 0.3) is 0 Å². The second-order valence-corrected chi connectivity index (χ2v) is 6.09. The number of hydrogen-bond acceptors (Lipinski definition) is 4. The number of aryl methyl sites for hydroxylation is 1. The smallest absolute Gasteiger partial charge is 0.229 e. The first-order valence-electron chi connectivity index (χ1n) is 7.74. The van der Waals surface area contributed by atoms with Crippen LogP contribution in [-0.2, 0) is 11.3 Å². The molecule has 0 aromatic carbocycles. The highest BCUT2D eigenvalue weighted by molar-refractivity contribution is 5.97. The van der Waals surface area contributed by atoms with Gasteiger partial charge < -0.3 is 9.32 Å². The Kier molecular flexibility index (Phi) is 3.22. The number of nitrogens with zero attached hydrogens (tertiary/aromatic N) is 3. The Hall–Kier alpha value is -2.14. The molecule has 2 aromatic heterocycles.